The van der Waals surface area contributed by atoms with Gasteiger partial charge in [-0.3, -0.25) is 14.4 Å². The van der Waals surface area contributed by atoms with Crippen LogP contribution in [0.2, 0.25) is 0 Å². The van der Waals surface area contributed by atoms with Crippen molar-refractivity contribution in [3.63, 3.8) is 0 Å². The van der Waals surface area contributed by atoms with E-state index in [1.54, 1.807) is 11.9 Å². The van der Waals surface area contributed by atoms with Crippen LogP contribution in [0.15, 0.2) is 11.2 Å². The van der Waals surface area contributed by atoms with Gasteiger partial charge >= 0.3 is 0 Å². The lowest BCUT2D eigenvalue weighted by atomic mass is 10.1. The Kier molecular flexibility index (Phi) is 4.94. The van der Waals surface area contributed by atoms with Crippen LogP contribution in [0.5, 0.6) is 0 Å². The molecule has 9 heteroatoms. The lowest BCUT2D eigenvalue weighted by Crippen LogP contribution is -2.55. The average molecular weight is 363 g/mol. The Bertz CT molecular complexity index is 705. The Hall–Kier alpha value is -2.16. The van der Waals surface area contributed by atoms with Crippen LogP contribution >= 0.6 is 11.8 Å². The fraction of sp³-hybridized carbons (Fsp3) is 0.562. The highest BCUT2D eigenvalue weighted by molar-refractivity contribution is 7.99. The van der Waals surface area contributed by atoms with Gasteiger partial charge in [0, 0.05) is 31.0 Å². The van der Waals surface area contributed by atoms with Crippen molar-refractivity contribution in [3.05, 3.63) is 17.5 Å². The van der Waals surface area contributed by atoms with E-state index in [4.69, 9.17) is 0 Å². The van der Waals surface area contributed by atoms with E-state index in [0.717, 1.165) is 11.4 Å². The first-order valence-corrected chi connectivity index (χ1v) is 9.11. The maximum absolute atomic E-state index is 12.2. The number of likely N-dealkylation sites (N-methyl/N-ethyl adjacent to an activating group) is 1. The van der Waals surface area contributed by atoms with Crippen LogP contribution < -0.4 is 5.32 Å². The smallest absolute Gasteiger partial charge is 0.245 e. The van der Waals surface area contributed by atoms with Gasteiger partial charge in [-0.2, -0.15) is 0 Å². The van der Waals surface area contributed by atoms with E-state index >= 15 is 0 Å². The van der Waals surface area contributed by atoms with Crippen molar-refractivity contribution >= 4 is 29.5 Å². The number of amides is 3. The Morgan fingerprint density at radius 1 is 1.32 bits per heavy atom. The summed E-state index contributed by atoms with van der Waals surface area (Å²) in [5.74, 6) is -0.0756. The van der Waals surface area contributed by atoms with Gasteiger partial charge in [0.2, 0.25) is 17.7 Å². The normalized spacial score (nSPS) is 23.0. The molecule has 0 unspecified atom stereocenters. The van der Waals surface area contributed by atoms with Crippen molar-refractivity contribution in [3.8, 4) is 0 Å². The molecule has 0 spiro atoms. The largest absolute Gasteiger partial charge is 0.351 e. The number of aryl methyl sites for hydroxylation is 2. The summed E-state index contributed by atoms with van der Waals surface area (Å²) in [4.78, 5) is 48.0. The van der Waals surface area contributed by atoms with Gasteiger partial charge in [0.15, 0.2) is 5.16 Å². The zero-order valence-electron chi connectivity index (χ0n) is 14.5. The highest BCUT2D eigenvalue weighted by atomic mass is 32.2. The minimum atomic E-state index is -0.452. The van der Waals surface area contributed by atoms with Crippen molar-refractivity contribution in [1.29, 1.82) is 0 Å². The summed E-state index contributed by atoms with van der Waals surface area (Å²) >= 11 is 1.28. The Morgan fingerprint density at radius 3 is 2.68 bits per heavy atom. The summed E-state index contributed by atoms with van der Waals surface area (Å²) < 4.78 is 0. The average Bonchev–Trinajstić information content (AvgIpc) is 2.94. The monoisotopic (exact) mass is 363 g/mol. The lowest BCUT2D eigenvalue weighted by Gasteiger charge is -2.33. The highest BCUT2D eigenvalue weighted by Gasteiger charge is 2.44. The van der Waals surface area contributed by atoms with Crippen LogP contribution in [0, 0.1) is 13.8 Å². The third kappa shape index (κ3) is 3.92. The van der Waals surface area contributed by atoms with Crippen molar-refractivity contribution < 1.29 is 14.4 Å². The van der Waals surface area contributed by atoms with Crippen molar-refractivity contribution in [2.75, 3.05) is 25.9 Å². The van der Waals surface area contributed by atoms with Crippen molar-refractivity contribution in [1.82, 2.24) is 25.1 Å². The number of hydrogen-bond acceptors (Lipinski definition) is 6. The second-order valence-electron chi connectivity index (χ2n) is 6.48. The SMILES string of the molecule is Cc1cc(C)nc(SCC(=O)N[C@@H]2C[C@H]3C(=O)N(C)CC(=O)N3C2)n1. The van der Waals surface area contributed by atoms with Gasteiger partial charge in [0.25, 0.3) is 0 Å². The molecular weight excluding hydrogens is 342 g/mol. The first-order chi connectivity index (χ1) is 11.8. The molecule has 0 aromatic carbocycles. The molecule has 0 saturated carbocycles. The molecule has 25 heavy (non-hydrogen) atoms. The quantitative estimate of drug-likeness (QED) is 0.585. The maximum atomic E-state index is 12.2. The zero-order valence-corrected chi connectivity index (χ0v) is 15.3. The number of hydrogen-bond donors (Lipinski definition) is 1. The van der Waals surface area contributed by atoms with Crippen LogP contribution in [-0.4, -0.2) is 75.5 Å². The molecule has 2 aliphatic heterocycles. The van der Waals surface area contributed by atoms with E-state index in [-0.39, 0.29) is 36.1 Å². The minimum absolute atomic E-state index is 0.0608. The molecule has 0 bridgehead atoms. The zero-order chi connectivity index (χ0) is 18.1. The molecule has 2 aliphatic rings. The summed E-state index contributed by atoms with van der Waals surface area (Å²) in [6.45, 7) is 4.27. The topological polar surface area (TPSA) is 95.5 Å². The molecule has 2 atom stereocenters. The highest BCUT2D eigenvalue weighted by Crippen LogP contribution is 2.23. The molecule has 1 aromatic heterocycles. The maximum Gasteiger partial charge on any atom is 0.245 e. The fourth-order valence-electron chi connectivity index (χ4n) is 3.23. The third-order valence-corrected chi connectivity index (χ3v) is 5.16. The van der Waals surface area contributed by atoms with E-state index in [1.807, 2.05) is 19.9 Å². The first kappa shape index (κ1) is 17.7. The number of fused-ring (bicyclic) bond motifs is 1. The van der Waals surface area contributed by atoms with Gasteiger partial charge in [-0.25, -0.2) is 9.97 Å². The van der Waals surface area contributed by atoms with Gasteiger partial charge in [-0.1, -0.05) is 11.8 Å². The van der Waals surface area contributed by atoms with Crippen LogP contribution in [0.3, 0.4) is 0 Å². The number of carbonyl (C=O) groups excluding carboxylic acids is 3. The molecule has 3 heterocycles. The van der Waals surface area contributed by atoms with Gasteiger partial charge in [-0.15, -0.1) is 0 Å². The number of aromatic nitrogens is 2. The van der Waals surface area contributed by atoms with E-state index in [2.05, 4.69) is 15.3 Å². The second-order valence-corrected chi connectivity index (χ2v) is 7.42. The van der Waals surface area contributed by atoms with Gasteiger partial charge < -0.3 is 15.1 Å². The summed E-state index contributed by atoms with van der Waals surface area (Å²) in [5, 5.41) is 3.48. The Labute approximate surface area is 150 Å². The fourth-order valence-corrected chi connectivity index (χ4v) is 3.99. The second kappa shape index (κ2) is 6.99. The predicted octanol–water partition coefficient (Wildman–Crippen LogP) is -0.257. The first-order valence-electron chi connectivity index (χ1n) is 8.12. The summed E-state index contributed by atoms with van der Waals surface area (Å²) in [6.07, 6.45) is 0.464. The van der Waals surface area contributed by atoms with Crippen molar-refractivity contribution in [2.24, 2.45) is 0 Å². The molecule has 2 fully saturated rings. The molecular formula is C16H21N5O3S. The number of piperazine rings is 1. The molecule has 3 rings (SSSR count). The third-order valence-electron chi connectivity index (χ3n) is 4.31. The Balaban J connectivity index is 1.54. The molecule has 3 amide bonds. The molecule has 1 N–H and O–H groups in total. The number of carbonyl (C=O) groups is 3. The molecule has 8 nitrogen and oxygen atoms in total. The standard InChI is InChI=1S/C16H21N5O3S/c1-9-4-10(2)18-16(17-9)25-8-13(22)19-11-5-12-15(24)20(3)7-14(23)21(12)6-11/h4,11-12H,5-8H2,1-3H3,(H,19,22)/t11-,12+/m1/s1. The minimum Gasteiger partial charge on any atom is -0.351 e. The van der Waals surface area contributed by atoms with Crippen LogP contribution in [0.25, 0.3) is 0 Å². The van der Waals surface area contributed by atoms with Crippen LogP contribution in [0.1, 0.15) is 17.8 Å². The van der Waals surface area contributed by atoms with Crippen molar-refractivity contribution in [2.45, 2.75) is 37.5 Å². The number of nitrogens with one attached hydrogen (secondary N) is 1. The van der Waals surface area contributed by atoms with Gasteiger partial charge in [0.05, 0.1) is 12.3 Å². The van der Waals surface area contributed by atoms with E-state index in [9.17, 15) is 14.4 Å². The molecule has 2 saturated heterocycles. The lowest BCUT2D eigenvalue weighted by molar-refractivity contribution is -0.152. The predicted molar refractivity (Wildman–Crippen MR) is 91.9 cm³/mol. The number of thioether (sulfide) groups is 1. The summed E-state index contributed by atoms with van der Waals surface area (Å²) in [5.41, 5.74) is 1.73. The van der Waals surface area contributed by atoms with Crippen LogP contribution in [-0.2, 0) is 14.4 Å². The number of nitrogens with zero attached hydrogens (tertiary/aromatic N) is 4. The Morgan fingerprint density at radius 2 is 2.00 bits per heavy atom. The van der Waals surface area contributed by atoms with Gasteiger partial charge in [0.1, 0.15) is 6.04 Å². The molecule has 0 radical (unpaired) electrons. The summed E-state index contributed by atoms with van der Waals surface area (Å²) in [7, 11) is 1.63. The summed E-state index contributed by atoms with van der Waals surface area (Å²) in [6, 6.07) is 1.23. The van der Waals surface area contributed by atoms with E-state index in [0.29, 0.717) is 18.1 Å². The van der Waals surface area contributed by atoms with Gasteiger partial charge in [-0.05, 0) is 26.3 Å². The molecule has 1 aromatic rings. The molecule has 134 valence electrons. The van der Waals surface area contributed by atoms with Crippen LogP contribution in [0.4, 0.5) is 0 Å². The van der Waals surface area contributed by atoms with E-state index in [1.165, 1.54) is 16.7 Å². The van der Waals surface area contributed by atoms with E-state index < -0.39 is 6.04 Å². The number of rotatable bonds is 4. The molecule has 0 aliphatic carbocycles.